The number of hydrogen-bond donors (Lipinski definition) is 1. The van der Waals surface area contributed by atoms with Gasteiger partial charge in [0.2, 0.25) is 0 Å². The molecule has 3 rings (SSSR count). The van der Waals surface area contributed by atoms with Crippen molar-refractivity contribution < 1.29 is 4.79 Å². The monoisotopic (exact) mass is 351 g/mol. The summed E-state index contributed by atoms with van der Waals surface area (Å²) < 4.78 is 0. The summed E-state index contributed by atoms with van der Waals surface area (Å²) in [4.78, 5) is 19.3. The highest BCUT2D eigenvalue weighted by Gasteiger charge is 2.17. The molecule has 138 valence electrons. The number of pyridine rings is 1. The van der Waals surface area contributed by atoms with Crippen molar-refractivity contribution in [2.24, 2.45) is 5.92 Å². The van der Waals surface area contributed by atoms with Gasteiger partial charge in [-0.2, -0.15) is 0 Å². The van der Waals surface area contributed by atoms with Gasteiger partial charge >= 0.3 is 0 Å². The fourth-order valence-corrected chi connectivity index (χ4v) is 3.20. The molecule has 0 atom stereocenters. The van der Waals surface area contributed by atoms with Crippen LogP contribution in [-0.4, -0.2) is 24.0 Å². The molecule has 4 nitrogen and oxygen atoms in total. The molecule has 26 heavy (non-hydrogen) atoms. The molecule has 1 amide bonds. The molecule has 1 aromatic carbocycles. The van der Waals surface area contributed by atoms with E-state index in [1.165, 1.54) is 18.4 Å². The number of nitrogens with zero attached hydrogens (tertiary/aromatic N) is 2. The molecule has 2 heterocycles. The topological polar surface area (TPSA) is 45.2 Å². The first-order valence-electron chi connectivity index (χ1n) is 9.46. The zero-order chi connectivity index (χ0) is 18.7. The molecule has 1 aliphatic heterocycles. The molecule has 1 aromatic heterocycles. The smallest absolute Gasteiger partial charge is 0.257 e. The second-order valence-corrected chi connectivity index (χ2v) is 8.36. The Balaban J connectivity index is 1.63. The largest absolute Gasteiger partial charge is 0.357 e. The Morgan fingerprint density at radius 3 is 2.27 bits per heavy atom. The van der Waals surface area contributed by atoms with E-state index in [0.29, 0.717) is 5.56 Å². The lowest BCUT2D eigenvalue weighted by molar-refractivity contribution is 0.102. The normalized spacial score (nSPS) is 15.8. The van der Waals surface area contributed by atoms with Crippen LogP contribution in [0.5, 0.6) is 0 Å². The predicted molar refractivity (Wildman–Crippen MR) is 108 cm³/mol. The number of carbonyl (C=O) groups excluding carboxylic acids is 1. The SMILES string of the molecule is CC1CCN(c2ccc(C(=O)Nc3ccc(C(C)(C)C)cc3)cn2)CC1. The van der Waals surface area contributed by atoms with Crippen molar-refractivity contribution >= 4 is 17.4 Å². The molecule has 0 unspecified atom stereocenters. The average molecular weight is 351 g/mol. The van der Waals surface area contributed by atoms with E-state index in [0.717, 1.165) is 30.5 Å². The van der Waals surface area contributed by atoms with Crippen LogP contribution in [-0.2, 0) is 5.41 Å². The van der Waals surface area contributed by atoms with Crippen LogP contribution in [0.3, 0.4) is 0 Å². The van der Waals surface area contributed by atoms with Crippen LogP contribution in [0.4, 0.5) is 11.5 Å². The van der Waals surface area contributed by atoms with Gasteiger partial charge in [-0.25, -0.2) is 4.98 Å². The van der Waals surface area contributed by atoms with Crippen LogP contribution in [0.25, 0.3) is 0 Å². The van der Waals surface area contributed by atoms with Crippen LogP contribution in [0.15, 0.2) is 42.6 Å². The van der Waals surface area contributed by atoms with Crippen LogP contribution in [0.2, 0.25) is 0 Å². The lowest BCUT2D eigenvalue weighted by Gasteiger charge is -2.31. The molecule has 1 fully saturated rings. The first-order chi connectivity index (χ1) is 12.3. The number of aromatic nitrogens is 1. The first-order valence-corrected chi connectivity index (χ1v) is 9.46. The molecule has 1 N–H and O–H groups in total. The molecule has 0 bridgehead atoms. The lowest BCUT2D eigenvalue weighted by atomic mass is 9.87. The minimum Gasteiger partial charge on any atom is -0.357 e. The van der Waals surface area contributed by atoms with E-state index in [9.17, 15) is 4.79 Å². The van der Waals surface area contributed by atoms with E-state index in [1.54, 1.807) is 6.20 Å². The predicted octanol–water partition coefficient (Wildman–Crippen LogP) is 4.87. The summed E-state index contributed by atoms with van der Waals surface area (Å²) in [6, 6.07) is 11.8. The molecule has 0 saturated carbocycles. The zero-order valence-electron chi connectivity index (χ0n) is 16.2. The molecule has 0 radical (unpaired) electrons. The van der Waals surface area contributed by atoms with Crippen molar-refractivity contribution in [2.75, 3.05) is 23.3 Å². The van der Waals surface area contributed by atoms with Gasteiger partial charge in [-0.1, -0.05) is 39.8 Å². The minimum absolute atomic E-state index is 0.106. The quantitative estimate of drug-likeness (QED) is 0.858. The third-order valence-corrected chi connectivity index (χ3v) is 5.13. The van der Waals surface area contributed by atoms with Crippen molar-refractivity contribution in [1.82, 2.24) is 4.98 Å². The third kappa shape index (κ3) is 4.43. The Labute approximate surface area is 156 Å². The number of carbonyl (C=O) groups is 1. The van der Waals surface area contributed by atoms with E-state index >= 15 is 0 Å². The maximum atomic E-state index is 12.5. The fourth-order valence-electron chi connectivity index (χ4n) is 3.20. The Kier molecular flexibility index (Phi) is 5.30. The number of rotatable bonds is 3. The second-order valence-electron chi connectivity index (χ2n) is 8.36. The summed E-state index contributed by atoms with van der Waals surface area (Å²) in [6.45, 7) is 10.9. The van der Waals surface area contributed by atoms with Crippen LogP contribution in [0, 0.1) is 5.92 Å². The lowest BCUT2D eigenvalue weighted by Crippen LogP contribution is -2.33. The Morgan fingerprint density at radius 1 is 1.08 bits per heavy atom. The molecule has 1 aliphatic rings. The van der Waals surface area contributed by atoms with Gasteiger partial charge < -0.3 is 10.2 Å². The van der Waals surface area contributed by atoms with E-state index in [2.05, 4.69) is 55.0 Å². The molecule has 4 heteroatoms. The van der Waals surface area contributed by atoms with E-state index in [1.807, 2.05) is 24.3 Å². The molecular formula is C22H29N3O. The van der Waals surface area contributed by atoms with Gasteiger partial charge in [0.1, 0.15) is 5.82 Å². The van der Waals surface area contributed by atoms with Gasteiger partial charge in [0.05, 0.1) is 5.56 Å². The Hall–Kier alpha value is -2.36. The van der Waals surface area contributed by atoms with Gasteiger partial charge in [-0.15, -0.1) is 0 Å². The molecular weight excluding hydrogens is 322 g/mol. The van der Waals surface area contributed by atoms with Crippen LogP contribution in [0.1, 0.15) is 56.5 Å². The number of piperidine rings is 1. The maximum Gasteiger partial charge on any atom is 0.257 e. The standard InChI is InChI=1S/C22H29N3O/c1-16-11-13-25(14-12-16)20-10-5-17(15-23-20)21(26)24-19-8-6-18(7-9-19)22(2,3)4/h5-10,15-16H,11-14H2,1-4H3,(H,24,26). The number of hydrogen-bond acceptors (Lipinski definition) is 3. The highest BCUT2D eigenvalue weighted by molar-refractivity contribution is 6.04. The van der Waals surface area contributed by atoms with Crippen molar-refractivity contribution in [3.05, 3.63) is 53.7 Å². The van der Waals surface area contributed by atoms with Gasteiger partial charge in [-0.3, -0.25) is 4.79 Å². The fraction of sp³-hybridized carbons (Fsp3) is 0.455. The van der Waals surface area contributed by atoms with Crippen LogP contribution >= 0.6 is 0 Å². The minimum atomic E-state index is -0.125. The molecule has 2 aromatic rings. The third-order valence-electron chi connectivity index (χ3n) is 5.13. The van der Waals surface area contributed by atoms with E-state index in [-0.39, 0.29) is 11.3 Å². The molecule has 0 aliphatic carbocycles. The highest BCUT2D eigenvalue weighted by atomic mass is 16.1. The molecule has 1 saturated heterocycles. The number of nitrogens with one attached hydrogen (secondary N) is 1. The zero-order valence-corrected chi connectivity index (χ0v) is 16.2. The van der Waals surface area contributed by atoms with Crippen molar-refractivity contribution in [2.45, 2.75) is 46.0 Å². The van der Waals surface area contributed by atoms with Gasteiger partial charge in [-0.05, 0) is 54.0 Å². The maximum absolute atomic E-state index is 12.5. The van der Waals surface area contributed by atoms with Crippen molar-refractivity contribution in [3.8, 4) is 0 Å². The first kappa shape index (κ1) is 18.4. The van der Waals surface area contributed by atoms with E-state index < -0.39 is 0 Å². The second kappa shape index (κ2) is 7.48. The van der Waals surface area contributed by atoms with E-state index in [4.69, 9.17) is 0 Å². The Morgan fingerprint density at radius 2 is 1.73 bits per heavy atom. The van der Waals surface area contributed by atoms with Crippen molar-refractivity contribution in [3.63, 3.8) is 0 Å². The van der Waals surface area contributed by atoms with Crippen molar-refractivity contribution in [1.29, 1.82) is 0 Å². The number of benzene rings is 1. The summed E-state index contributed by atoms with van der Waals surface area (Å²) in [5.74, 6) is 1.63. The number of anilines is 2. The Bertz CT molecular complexity index is 736. The summed E-state index contributed by atoms with van der Waals surface area (Å²) in [7, 11) is 0. The highest BCUT2D eigenvalue weighted by Crippen LogP contribution is 2.24. The summed E-state index contributed by atoms with van der Waals surface area (Å²) in [6.07, 6.45) is 4.08. The van der Waals surface area contributed by atoms with Gasteiger partial charge in [0.15, 0.2) is 0 Å². The van der Waals surface area contributed by atoms with Gasteiger partial charge in [0.25, 0.3) is 5.91 Å². The summed E-state index contributed by atoms with van der Waals surface area (Å²) >= 11 is 0. The summed E-state index contributed by atoms with van der Waals surface area (Å²) in [5, 5.41) is 2.95. The summed E-state index contributed by atoms with van der Waals surface area (Å²) in [5.41, 5.74) is 2.74. The molecule has 0 spiro atoms. The average Bonchev–Trinajstić information content (AvgIpc) is 2.62. The van der Waals surface area contributed by atoms with Crippen LogP contribution < -0.4 is 10.2 Å². The van der Waals surface area contributed by atoms with Gasteiger partial charge in [0, 0.05) is 25.0 Å². The number of amides is 1.